The quantitative estimate of drug-likeness (QED) is 0.505. The Morgan fingerprint density at radius 3 is 2.50 bits per heavy atom. The molecule has 2 unspecified atom stereocenters. The second-order valence-corrected chi connectivity index (χ2v) is 10.5. The summed E-state index contributed by atoms with van der Waals surface area (Å²) in [6.07, 6.45) is 7.70. The lowest BCUT2D eigenvalue weighted by atomic mass is 9.73. The van der Waals surface area contributed by atoms with E-state index < -0.39 is 17.4 Å². The van der Waals surface area contributed by atoms with E-state index >= 15 is 0 Å². The van der Waals surface area contributed by atoms with Crippen LogP contribution in [0.3, 0.4) is 0 Å². The number of carbonyl (C=O) groups excluding carboxylic acids is 2. The van der Waals surface area contributed by atoms with Crippen LogP contribution < -0.4 is 16.2 Å². The first-order valence-electron chi connectivity index (χ1n) is 12.5. The minimum atomic E-state index is -0.652. The van der Waals surface area contributed by atoms with Gasteiger partial charge in [-0.3, -0.25) is 14.5 Å². The summed E-state index contributed by atoms with van der Waals surface area (Å²) < 4.78 is 6.13. The molecule has 2 aromatic rings. The molecule has 9 nitrogen and oxygen atoms in total. The average molecular weight is 559 g/mol. The van der Waals surface area contributed by atoms with Crippen LogP contribution in [0.1, 0.15) is 44.1 Å². The lowest BCUT2D eigenvalue weighted by Crippen LogP contribution is -2.49. The number of aromatic nitrogens is 2. The van der Waals surface area contributed by atoms with Gasteiger partial charge in [-0.05, 0) is 38.4 Å². The number of amides is 2. The van der Waals surface area contributed by atoms with Gasteiger partial charge in [-0.2, -0.15) is 0 Å². The molecule has 1 aliphatic heterocycles. The summed E-state index contributed by atoms with van der Waals surface area (Å²) in [5.74, 6) is -0.103. The molecule has 38 heavy (non-hydrogen) atoms. The molecule has 0 radical (unpaired) electrons. The Balaban J connectivity index is 1.60. The van der Waals surface area contributed by atoms with Crippen LogP contribution in [0.5, 0.6) is 5.88 Å². The molecular formula is C27H32Cl2N6O3. The van der Waals surface area contributed by atoms with Crippen LogP contribution in [0.2, 0.25) is 10.0 Å². The summed E-state index contributed by atoms with van der Waals surface area (Å²) in [7, 11) is 0. The number of halogens is 2. The molecule has 1 aromatic heterocycles. The molecule has 2 atom stereocenters. The van der Waals surface area contributed by atoms with Gasteiger partial charge in [-0.25, -0.2) is 9.97 Å². The topological polar surface area (TPSA) is 128 Å². The second-order valence-electron chi connectivity index (χ2n) is 9.69. The van der Waals surface area contributed by atoms with E-state index in [1.807, 2.05) is 24.0 Å². The summed E-state index contributed by atoms with van der Waals surface area (Å²) in [5.41, 5.74) is 12.9. The largest absolute Gasteiger partial charge is 0.467 e. The van der Waals surface area contributed by atoms with Crippen molar-refractivity contribution in [2.75, 3.05) is 38.5 Å². The third-order valence-electron chi connectivity index (χ3n) is 7.20. The van der Waals surface area contributed by atoms with E-state index in [4.69, 9.17) is 44.4 Å². The first-order chi connectivity index (χ1) is 18.1. The van der Waals surface area contributed by atoms with Gasteiger partial charge in [-0.15, -0.1) is 0 Å². The van der Waals surface area contributed by atoms with Gasteiger partial charge in [0.1, 0.15) is 6.10 Å². The highest BCUT2D eigenvalue weighted by Gasteiger charge is 2.37. The van der Waals surface area contributed by atoms with Crippen LogP contribution in [-0.2, 0) is 15.0 Å². The number of nitrogens with zero attached hydrogens (tertiary/aromatic N) is 4. The summed E-state index contributed by atoms with van der Waals surface area (Å²) in [6.45, 7) is 7.06. The summed E-state index contributed by atoms with van der Waals surface area (Å²) in [5, 5.41) is 0.945. The highest BCUT2D eigenvalue weighted by molar-refractivity contribution is 6.36. The zero-order valence-corrected chi connectivity index (χ0v) is 23.0. The Hall–Kier alpha value is -3.14. The maximum absolute atomic E-state index is 12.1. The summed E-state index contributed by atoms with van der Waals surface area (Å²) in [4.78, 5) is 37.2. The van der Waals surface area contributed by atoms with Gasteiger partial charge in [0.2, 0.25) is 11.8 Å². The first-order valence-corrected chi connectivity index (χ1v) is 13.2. The maximum atomic E-state index is 12.1. The van der Waals surface area contributed by atoms with E-state index in [2.05, 4.69) is 9.88 Å². The molecule has 0 saturated carbocycles. The molecule has 202 valence electrons. The molecule has 4 rings (SSSR count). The van der Waals surface area contributed by atoms with Crippen molar-refractivity contribution in [2.45, 2.75) is 38.2 Å². The molecule has 1 aromatic carbocycles. The number of piperazine rings is 1. The molecule has 11 heteroatoms. The van der Waals surface area contributed by atoms with Gasteiger partial charge in [0.25, 0.3) is 5.88 Å². The molecule has 2 aliphatic rings. The van der Waals surface area contributed by atoms with Crippen molar-refractivity contribution in [1.29, 1.82) is 0 Å². The van der Waals surface area contributed by atoms with Gasteiger partial charge >= 0.3 is 0 Å². The molecule has 0 spiro atoms. The van der Waals surface area contributed by atoms with E-state index in [1.54, 1.807) is 37.4 Å². The highest BCUT2D eigenvalue weighted by Crippen LogP contribution is 2.40. The smallest absolute Gasteiger partial charge is 0.258 e. The molecule has 2 amide bonds. The zero-order chi connectivity index (χ0) is 27.4. The van der Waals surface area contributed by atoms with Crippen LogP contribution in [0, 0.1) is 0 Å². The Labute approximate surface area is 232 Å². The van der Waals surface area contributed by atoms with Gasteiger partial charge in [0.05, 0.1) is 11.9 Å². The van der Waals surface area contributed by atoms with E-state index in [9.17, 15) is 9.59 Å². The third-order valence-corrected chi connectivity index (χ3v) is 7.86. The lowest BCUT2D eigenvalue weighted by Gasteiger charge is -2.38. The predicted octanol–water partition coefficient (Wildman–Crippen LogP) is 3.67. The minimum Gasteiger partial charge on any atom is -0.467 e. The highest BCUT2D eigenvalue weighted by atomic mass is 35.5. The Kier molecular flexibility index (Phi) is 8.60. The molecule has 1 fully saturated rings. The molecule has 1 saturated heterocycles. The predicted molar refractivity (Wildman–Crippen MR) is 148 cm³/mol. The van der Waals surface area contributed by atoms with Crippen LogP contribution >= 0.6 is 23.2 Å². The van der Waals surface area contributed by atoms with Crippen molar-refractivity contribution >= 4 is 40.8 Å². The number of hydrogen-bond acceptors (Lipinski definition) is 7. The van der Waals surface area contributed by atoms with E-state index in [-0.39, 0.29) is 17.6 Å². The van der Waals surface area contributed by atoms with Gasteiger partial charge in [0.15, 0.2) is 5.82 Å². The van der Waals surface area contributed by atoms with E-state index in [0.717, 1.165) is 19.6 Å². The number of benzene rings is 1. The normalized spacial score (nSPS) is 20.6. The monoisotopic (exact) mass is 558 g/mol. The van der Waals surface area contributed by atoms with Crippen molar-refractivity contribution in [3.63, 3.8) is 0 Å². The number of nitrogen functional groups attached to an aromatic ring is 1. The van der Waals surface area contributed by atoms with Crippen molar-refractivity contribution < 1.29 is 14.3 Å². The van der Waals surface area contributed by atoms with Crippen molar-refractivity contribution in [2.24, 2.45) is 5.73 Å². The fourth-order valence-electron chi connectivity index (χ4n) is 4.93. The average Bonchev–Trinajstić information content (AvgIpc) is 2.89. The van der Waals surface area contributed by atoms with Crippen molar-refractivity contribution in [3.8, 4) is 5.88 Å². The van der Waals surface area contributed by atoms with Crippen molar-refractivity contribution in [1.82, 2.24) is 19.8 Å². The standard InChI is InChI=1S/C27H32Cl2N6O3/c1-17(23-20(28)6-3-7-21(23)29)38-26-24(30)32-16-22(33-26)27(8-4-5-19(15-27)25(31)37)9-10-34-11-13-35(14-12-34)18(2)36/h3-8,16-17H,9-15H2,1-2H3,(H2,30,32)(H2,31,37). The molecule has 4 N–H and O–H groups in total. The number of hydrogen-bond donors (Lipinski definition) is 2. The first kappa shape index (κ1) is 27.9. The number of nitrogens with two attached hydrogens (primary N) is 2. The Bertz CT molecular complexity index is 1260. The number of anilines is 1. The van der Waals surface area contributed by atoms with Crippen LogP contribution in [0.4, 0.5) is 5.82 Å². The number of rotatable bonds is 8. The van der Waals surface area contributed by atoms with E-state index in [0.29, 0.717) is 52.8 Å². The number of allylic oxidation sites excluding steroid dienone is 3. The van der Waals surface area contributed by atoms with E-state index in [1.165, 1.54) is 0 Å². The number of ether oxygens (including phenoxy) is 1. The van der Waals surface area contributed by atoms with Crippen LogP contribution in [-0.4, -0.2) is 64.3 Å². The van der Waals surface area contributed by atoms with Crippen molar-refractivity contribution in [3.05, 3.63) is 69.5 Å². The Morgan fingerprint density at radius 1 is 1.18 bits per heavy atom. The molecule has 1 aliphatic carbocycles. The maximum Gasteiger partial charge on any atom is 0.258 e. The van der Waals surface area contributed by atoms with Crippen LogP contribution in [0.25, 0.3) is 0 Å². The summed E-state index contributed by atoms with van der Waals surface area (Å²) >= 11 is 12.8. The zero-order valence-electron chi connectivity index (χ0n) is 21.5. The molecule has 0 bridgehead atoms. The van der Waals surface area contributed by atoms with Gasteiger partial charge in [-0.1, -0.05) is 47.5 Å². The van der Waals surface area contributed by atoms with Gasteiger partial charge in [0, 0.05) is 59.7 Å². The fraction of sp³-hybridized carbons (Fsp3) is 0.407. The second kappa shape index (κ2) is 11.7. The Morgan fingerprint density at radius 2 is 1.87 bits per heavy atom. The molecule has 2 heterocycles. The lowest BCUT2D eigenvalue weighted by molar-refractivity contribution is -0.130. The van der Waals surface area contributed by atoms with Gasteiger partial charge < -0.3 is 21.1 Å². The minimum absolute atomic E-state index is 0.0876. The fourth-order valence-corrected chi connectivity index (χ4v) is 5.63. The van der Waals surface area contributed by atoms with Crippen LogP contribution in [0.15, 0.2) is 48.2 Å². The SMILES string of the molecule is CC(=O)N1CCN(CCC2(c3cnc(N)c(OC(C)c4c(Cl)cccc4Cl)n3)C=CC=C(C(N)=O)C2)CC1. The summed E-state index contributed by atoms with van der Waals surface area (Å²) in [6, 6.07) is 5.24. The number of primary amides is 1. The molecular weight excluding hydrogens is 527 g/mol. The third kappa shape index (κ3) is 6.11. The number of carbonyl (C=O) groups is 2.